The number of H-pyrrole nitrogens is 1. The van der Waals surface area contributed by atoms with Gasteiger partial charge in [-0.2, -0.15) is 5.26 Å². The lowest BCUT2D eigenvalue weighted by Gasteiger charge is -2.14. The topological polar surface area (TPSA) is 59.9 Å². The molecule has 0 saturated heterocycles. The Labute approximate surface area is 106 Å². The standard InChI is InChI=1S/C14H14N3O/c1-17(8-4-7-15)14(18)10-12-9-11-5-2-3-6-13(11)16-12/h2-3,5-6,9-10,16H,4,8H2,1H3. The molecule has 1 aromatic carbocycles. The smallest absolute Gasteiger partial charge is 0.232 e. The van der Waals surface area contributed by atoms with Gasteiger partial charge in [-0.1, -0.05) is 18.2 Å². The van der Waals surface area contributed by atoms with Crippen LogP contribution in [0.25, 0.3) is 10.9 Å². The van der Waals surface area contributed by atoms with Crippen LogP contribution in [0.3, 0.4) is 0 Å². The van der Waals surface area contributed by atoms with Crippen LogP contribution in [0.4, 0.5) is 0 Å². The molecule has 4 nitrogen and oxygen atoms in total. The van der Waals surface area contributed by atoms with E-state index >= 15 is 0 Å². The first-order chi connectivity index (χ1) is 8.70. The summed E-state index contributed by atoms with van der Waals surface area (Å²) in [7, 11) is 1.69. The fourth-order valence-electron chi connectivity index (χ4n) is 1.74. The van der Waals surface area contributed by atoms with Gasteiger partial charge in [0.15, 0.2) is 0 Å². The van der Waals surface area contributed by atoms with Crippen LogP contribution in [0.2, 0.25) is 0 Å². The highest BCUT2D eigenvalue weighted by atomic mass is 16.2. The summed E-state index contributed by atoms with van der Waals surface area (Å²) in [6.45, 7) is 0.450. The fraction of sp³-hybridized carbons (Fsp3) is 0.214. The molecule has 0 unspecified atom stereocenters. The van der Waals surface area contributed by atoms with Crippen molar-refractivity contribution in [3.8, 4) is 6.07 Å². The molecule has 2 rings (SSSR count). The highest BCUT2D eigenvalue weighted by Gasteiger charge is 2.11. The Morgan fingerprint density at radius 3 is 3.00 bits per heavy atom. The van der Waals surface area contributed by atoms with E-state index in [2.05, 4.69) is 4.98 Å². The minimum Gasteiger partial charge on any atom is -0.358 e. The normalized spacial score (nSPS) is 10.2. The van der Waals surface area contributed by atoms with E-state index in [1.54, 1.807) is 13.5 Å². The number of aromatic nitrogens is 1. The van der Waals surface area contributed by atoms with Gasteiger partial charge < -0.3 is 9.88 Å². The van der Waals surface area contributed by atoms with E-state index in [4.69, 9.17) is 5.26 Å². The number of hydrogen-bond acceptors (Lipinski definition) is 2. The van der Waals surface area contributed by atoms with Gasteiger partial charge in [-0.3, -0.25) is 4.79 Å². The predicted octanol–water partition coefficient (Wildman–Crippen LogP) is 2.09. The molecule has 0 aliphatic carbocycles. The number of carbonyl (C=O) groups excluding carboxylic acids is 1. The largest absolute Gasteiger partial charge is 0.358 e. The van der Waals surface area contributed by atoms with Gasteiger partial charge in [-0.15, -0.1) is 0 Å². The molecule has 4 heteroatoms. The molecule has 0 saturated carbocycles. The molecule has 1 amide bonds. The number of aromatic amines is 1. The van der Waals surface area contributed by atoms with E-state index in [9.17, 15) is 4.79 Å². The summed E-state index contributed by atoms with van der Waals surface area (Å²) >= 11 is 0. The monoisotopic (exact) mass is 240 g/mol. The van der Waals surface area contributed by atoms with Gasteiger partial charge in [0.25, 0.3) is 0 Å². The van der Waals surface area contributed by atoms with Gasteiger partial charge in [0.2, 0.25) is 5.91 Å². The zero-order valence-corrected chi connectivity index (χ0v) is 10.2. The zero-order valence-electron chi connectivity index (χ0n) is 10.2. The molecule has 18 heavy (non-hydrogen) atoms. The molecule has 1 radical (unpaired) electrons. The summed E-state index contributed by atoms with van der Waals surface area (Å²) in [5.74, 6) is -0.100. The molecule has 0 spiro atoms. The lowest BCUT2D eigenvalue weighted by molar-refractivity contribution is -0.125. The number of likely N-dealkylation sites (N-methyl/N-ethyl adjacent to an activating group) is 1. The van der Waals surface area contributed by atoms with Crippen LogP contribution >= 0.6 is 0 Å². The summed E-state index contributed by atoms with van der Waals surface area (Å²) < 4.78 is 0. The van der Waals surface area contributed by atoms with E-state index in [1.165, 1.54) is 4.90 Å². The Morgan fingerprint density at radius 2 is 2.28 bits per heavy atom. The van der Waals surface area contributed by atoms with Crippen molar-refractivity contribution in [1.82, 2.24) is 9.88 Å². The third-order valence-electron chi connectivity index (χ3n) is 2.77. The highest BCUT2D eigenvalue weighted by Crippen LogP contribution is 2.16. The third-order valence-corrected chi connectivity index (χ3v) is 2.77. The number of para-hydroxylation sites is 1. The lowest BCUT2D eigenvalue weighted by Crippen LogP contribution is -2.27. The molecule has 1 heterocycles. The van der Waals surface area contributed by atoms with E-state index in [-0.39, 0.29) is 5.91 Å². The van der Waals surface area contributed by atoms with E-state index in [1.807, 2.05) is 36.4 Å². The average Bonchev–Trinajstić information content (AvgIpc) is 2.77. The van der Waals surface area contributed by atoms with Crippen molar-refractivity contribution >= 4 is 16.8 Å². The fourth-order valence-corrected chi connectivity index (χ4v) is 1.74. The van der Waals surface area contributed by atoms with Crippen molar-refractivity contribution in [2.24, 2.45) is 0 Å². The Bertz CT molecular complexity index is 561. The summed E-state index contributed by atoms with van der Waals surface area (Å²) in [5.41, 5.74) is 1.79. The molecule has 2 aromatic rings. The highest BCUT2D eigenvalue weighted by molar-refractivity contribution is 5.90. The second-order valence-corrected chi connectivity index (χ2v) is 4.12. The minimum absolute atomic E-state index is 0.100. The maximum atomic E-state index is 11.8. The summed E-state index contributed by atoms with van der Waals surface area (Å²) in [4.78, 5) is 16.5. The number of nitriles is 1. The quantitative estimate of drug-likeness (QED) is 0.889. The summed E-state index contributed by atoms with van der Waals surface area (Å²) in [5, 5.41) is 9.56. The maximum Gasteiger partial charge on any atom is 0.232 e. The first-order valence-electron chi connectivity index (χ1n) is 5.75. The minimum atomic E-state index is -0.100. The zero-order chi connectivity index (χ0) is 13.0. The molecule has 0 atom stereocenters. The Morgan fingerprint density at radius 1 is 1.50 bits per heavy atom. The van der Waals surface area contributed by atoms with Crippen LogP contribution in [0.1, 0.15) is 12.1 Å². The Kier molecular flexibility index (Phi) is 3.63. The molecular weight excluding hydrogens is 226 g/mol. The molecule has 0 fully saturated rings. The van der Waals surface area contributed by atoms with Gasteiger partial charge in [0.05, 0.1) is 18.9 Å². The molecular formula is C14H14N3O. The number of hydrogen-bond donors (Lipinski definition) is 1. The number of nitrogens with zero attached hydrogens (tertiary/aromatic N) is 2. The molecule has 0 aliphatic rings. The Hall–Kier alpha value is -2.28. The third kappa shape index (κ3) is 2.69. The van der Waals surface area contributed by atoms with Gasteiger partial charge >= 0.3 is 0 Å². The van der Waals surface area contributed by atoms with Crippen LogP contribution in [-0.4, -0.2) is 29.4 Å². The van der Waals surface area contributed by atoms with Gasteiger partial charge in [0, 0.05) is 24.8 Å². The van der Waals surface area contributed by atoms with E-state index < -0.39 is 0 Å². The number of nitrogens with one attached hydrogen (secondary N) is 1. The molecule has 1 N–H and O–H groups in total. The van der Waals surface area contributed by atoms with Crippen molar-refractivity contribution in [1.29, 1.82) is 5.26 Å². The lowest BCUT2D eigenvalue weighted by atomic mass is 10.2. The van der Waals surface area contributed by atoms with Crippen LogP contribution in [-0.2, 0) is 4.79 Å². The van der Waals surface area contributed by atoms with Gasteiger partial charge in [-0.05, 0) is 17.5 Å². The van der Waals surface area contributed by atoms with Crippen molar-refractivity contribution in [3.05, 3.63) is 42.4 Å². The van der Waals surface area contributed by atoms with Crippen molar-refractivity contribution in [2.75, 3.05) is 13.6 Å². The second-order valence-electron chi connectivity index (χ2n) is 4.12. The Balaban J connectivity index is 2.05. The van der Waals surface area contributed by atoms with Crippen molar-refractivity contribution in [3.63, 3.8) is 0 Å². The number of rotatable bonds is 4. The average molecular weight is 240 g/mol. The summed E-state index contributed by atoms with van der Waals surface area (Å²) in [6.07, 6.45) is 1.90. The first kappa shape index (κ1) is 12.2. The number of amides is 1. The SMILES string of the molecule is CN(CCC#N)C(=O)[CH]c1cc2ccccc2[nH]1. The van der Waals surface area contributed by atoms with E-state index in [0.29, 0.717) is 13.0 Å². The number of fused-ring (bicyclic) bond motifs is 1. The van der Waals surface area contributed by atoms with Crippen molar-refractivity contribution in [2.45, 2.75) is 6.42 Å². The number of benzene rings is 1. The van der Waals surface area contributed by atoms with Crippen molar-refractivity contribution < 1.29 is 4.79 Å². The molecule has 1 aromatic heterocycles. The molecule has 0 bridgehead atoms. The maximum absolute atomic E-state index is 11.8. The van der Waals surface area contributed by atoms with Crippen LogP contribution in [0, 0.1) is 17.8 Å². The first-order valence-corrected chi connectivity index (χ1v) is 5.75. The van der Waals surface area contributed by atoms with Gasteiger partial charge in [0.1, 0.15) is 0 Å². The van der Waals surface area contributed by atoms with E-state index in [0.717, 1.165) is 16.6 Å². The second kappa shape index (κ2) is 5.37. The molecule has 91 valence electrons. The number of carbonyl (C=O) groups is 1. The van der Waals surface area contributed by atoms with Gasteiger partial charge in [-0.25, -0.2) is 0 Å². The summed E-state index contributed by atoms with van der Waals surface area (Å²) in [6, 6.07) is 11.8. The predicted molar refractivity (Wildman–Crippen MR) is 69.6 cm³/mol. The van der Waals surface area contributed by atoms with Crippen LogP contribution < -0.4 is 0 Å². The molecule has 0 aliphatic heterocycles. The van der Waals surface area contributed by atoms with Crippen LogP contribution in [0.15, 0.2) is 30.3 Å². The van der Waals surface area contributed by atoms with Crippen LogP contribution in [0.5, 0.6) is 0 Å².